The van der Waals surface area contributed by atoms with Gasteiger partial charge in [0.05, 0.1) is 23.1 Å². The summed E-state index contributed by atoms with van der Waals surface area (Å²) in [5.41, 5.74) is 14.6. The monoisotopic (exact) mass is 359 g/mol. The lowest BCUT2D eigenvalue weighted by molar-refractivity contribution is 0.187. The molecule has 0 spiro atoms. The Morgan fingerprint density at radius 2 is 1.96 bits per heavy atom. The maximum Gasteiger partial charge on any atom is 0.143 e. The van der Waals surface area contributed by atoms with Crippen LogP contribution in [-0.2, 0) is 11.3 Å². The normalized spacial score (nSPS) is 20.0. The fourth-order valence-electron chi connectivity index (χ4n) is 3.18. The van der Waals surface area contributed by atoms with Crippen LogP contribution in [0.15, 0.2) is 65.4 Å². The Hall–Kier alpha value is -2.44. The van der Waals surface area contributed by atoms with Crippen LogP contribution in [0.5, 0.6) is 0 Å². The van der Waals surface area contributed by atoms with Gasteiger partial charge >= 0.3 is 0 Å². The zero-order chi connectivity index (χ0) is 18.8. The van der Waals surface area contributed by atoms with Crippen molar-refractivity contribution in [3.05, 3.63) is 82.6 Å². The Balaban J connectivity index is 1.89. The molecule has 0 aromatic heterocycles. The maximum atomic E-state index is 13.9. The number of allylic oxidation sites excluding steroid dienone is 4. The van der Waals surface area contributed by atoms with Gasteiger partial charge < -0.3 is 21.1 Å². The second kappa shape index (κ2) is 7.43. The fraction of sp³-hybridized carbons (Fsp3) is 0.300. The van der Waals surface area contributed by atoms with Crippen molar-refractivity contribution in [2.75, 3.05) is 0 Å². The van der Waals surface area contributed by atoms with Crippen LogP contribution in [0.3, 0.4) is 0 Å². The molecule has 0 fully saturated rings. The number of hydrogen-bond donors (Lipinski definition) is 2. The van der Waals surface area contributed by atoms with Gasteiger partial charge in [-0.3, -0.25) is 0 Å². The highest BCUT2D eigenvalue weighted by molar-refractivity contribution is 5.41. The summed E-state index contributed by atoms with van der Waals surface area (Å²) in [6.45, 7) is 3.92. The molecule has 1 unspecified atom stereocenters. The first-order valence-electron chi connectivity index (χ1n) is 8.56. The van der Waals surface area contributed by atoms with Crippen molar-refractivity contribution in [2.45, 2.75) is 33.0 Å². The second-order valence-corrected chi connectivity index (χ2v) is 6.55. The predicted octanol–water partition coefficient (Wildman–Crippen LogP) is 3.64. The SMILES string of the molecule is CC1=C(C(N)N)N2C=CC=C(OCc3c(F)cccc3F)C2=CCC1C. The summed E-state index contributed by atoms with van der Waals surface area (Å²) >= 11 is 0. The third kappa shape index (κ3) is 3.43. The minimum Gasteiger partial charge on any atom is -0.486 e. The molecule has 3 rings (SSSR count). The fourth-order valence-corrected chi connectivity index (χ4v) is 3.18. The van der Waals surface area contributed by atoms with E-state index in [9.17, 15) is 8.78 Å². The molecule has 26 heavy (non-hydrogen) atoms. The summed E-state index contributed by atoms with van der Waals surface area (Å²) in [5.74, 6) is -0.457. The van der Waals surface area contributed by atoms with Crippen LogP contribution in [-0.4, -0.2) is 11.1 Å². The molecule has 4 N–H and O–H groups in total. The molecule has 0 radical (unpaired) electrons. The topological polar surface area (TPSA) is 64.5 Å². The Morgan fingerprint density at radius 3 is 2.62 bits per heavy atom. The van der Waals surface area contributed by atoms with Gasteiger partial charge in [-0.15, -0.1) is 0 Å². The van der Waals surface area contributed by atoms with Gasteiger partial charge in [-0.25, -0.2) is 8.78 Å². The molecule has 1 aromatic carbocycles. The number of rotatable bonds is 4. The smallest absolute Gasteiger partial charge is 0.143 e. The zero-order valence-electron chi connectivity index (χ0n) is 14.9. The van der Waals surface area contributed by atoms with Crippen molar-refractivity contribution < 1.29 is 13.5 Å². The first-order valence-corrected chi connectivity index (χ1v) is 8.56. The van der Waals surface area contributed by atoms with Gasteiger partial charge in [-0.1, -0.05) is 19.1 Å². The molecule has 2 aliphatic rings. The minimum absolute atomic E-state index is 0.0976. The van der Waals surface area contributed by atoms with Crippen LogP contribution in [0.4, 0.5) is 8.78 Å². The quantitative estimate of drug-likeness (QED) is 0.806. The van der Waals surface area contributed by atoms with Gasteiger partial charge in [-0.2, -0.15) is 0 Å². The molecule has 1 aromatic rings. The van der Waals surface area contributed by atoms with E-state index in [2.05, 4.69) is 6.92 Å². The number of fused-ring (bicyclic) bond motifs is 1. The van der Waals surface area contributed by atoms with Gasteiger partial charge in [0.2, 0.25) is 0 Å². The van der Waals surface area contributed by atoms with Crippen LogP contribution in [0.1, 0.15) is 25.8 Å². The number of nitrogens with zero attached hydrogens (tertiary/aromatic N) is 1. The van der Waals surface area contributed by atoms with E-state index in [1.807, 2.05) is 24.1 Å². The summed E-state index contributed by atoms with van der Waals surface area (Å²) in [7, 11) is 0. The van der Waals surface area contributed by atoms with E-state index >= 15 is 0 Å². The third-order valence-corrected chi connectivity index (χ3v) is 4.81. The van der Waals surface area contributed by atoms with Crippen LogP contribution in [0.25, 0.3) is 0 Å². The number of benzene rings is 1. The van der Waals surface area contributed by atoms with Crippen molar-refractivity contribution in [2.24, 2.45) is 17.4 Å². The lowest BCUT2D eigenvalue weighted by Crippen LogP contribution is -2.40. The van der Waals surface area contributed by atoms with E-state index in [1.165, 1.54) is 18.2 Å². The molecular weight excluding hydrogens is 336 g/mol. The molecule has 138 valence electrons. The standard InChI is InChI=1S/C20H23F2N3O/c1-12-8-9-17-18(26-11-14-15(21)5-3-6-16(14)22)7-4-10-25(17)19(13(12)2)20(23)24/h3-7,9-10,12,20H,8,11,23-24H2,1-2H3. The Bertz CT molecular complexity index is 804. The van der Waals surface area contributed by atoms with E-state index in [-0.39, 0.29) is 18.1 Å². The molecular formula is C20H23F2N3O. The summed E-state index contributed by atoms with van der Waals surface area (Å²) in [6, 6.07) is 3.76. The predicted molar refractivity (Wildman–Crippen MR) is 96.9 cm³/mol. The molecule has 0 saturated carbocycles. The van der Waals surface area contributed by atoms with Gasteiger partial charge in [0.1, 0.15) is 24.0 Å². The van der Waals surface area contributed by atoms with E-state index in [4.69, 9.17) is 16.2 Å². The van der Waals surface area contributed by atoms with Gasteiger partial charge in [0.15, 0.2) is 0 Å². The first kappa shape index (κ1) is 18.4. The molecule has 0 aliphatic carbocycles. The van der Waals surface area contributed by atoms with Gasteiger partial charge in [0.25, 0.3) is 0 Å². The van der Waals surface area contributed by atoms with E-state index in [0.717, 1.165) is 23.4 Å². The summed E-state index contributed by atoms with van der Waals surface area (Å²) in [6.07, 6.45) is 7.62. The molecule has 1 atom stereocenters. The highest BCUT2D eigenvalue weighted by Gasteiger charge is 2.28. The lowest BCUT2D eigenvalue weighted by atomic mass is 9.97. The van der Waals surface area contributed by atoms with Crippen LogP contribution in [0.2, 0.25) is 0 Å². The van der Waals surface area contributed by atoms with Crippen molar-refractivity contribution in [3.63, 3.8) is 0 Å². The highest BCUT2D eigenvalue weighted by atomic mass is 19.1. The van der Waals surface area contributed by atoms with Crippen LogP contribution in [0, 0.1) is 17.6 Å². The Kier molecular flexibility index (Phi) is 5.25. The summed E-state index contributed by atoms with van der Waals surface area (Å²) in [4.78, 5) is 1.90. The summed E-state index contributed by atoms with van der Waals surface area (Å²) < 4.78 is 33.5. The second-order valence-electron chi connectivity index (χ2n) is 6.55. The molecule has 2 heterocycles. The number of ether oxygens (including phenoxy) is 1. The molecule has 0 bridgehead atoms. The van der Waals surface area contributed by atoms with Gasteiger partial charge in [-0.05, 0) is 49.1 Å². The Labute approximate surface area is 152 Å². The average molecular weight is 359 g/mol. The number of halogens is 2. The first-order chi connectivity index (χ1) is 12.4. The van der Waals surface area contributed by atoms with Gasteiger partial charge in [0, 0.05) is 6.20 Å². The number of hydrogen-bond acceptors (Lipinski definition) is 4. The van der Waals surface area contributed by atoms with E-state index in [0.29, 0.717) is 5.76 Å². The van der Waals surface area contributed by atoms with E-state index in [1.54, 1.807) is 12.2 Å². The molecule has 0 saturated heterocycles. The summed E-state index contributed by atoms with van der Waals surface area (Å²) in [5, 5.41) is 0. The molecule has 4 nitrogen and oxygen atoms in total. The van der Waals surface area contributed by atoms with Crippen molar-refractivity contribution in [3.8, 4) is 0 Å². The van der Waals surface area contributed by atoms with Crippen LogP contribution >= 0.6 is 0 Å². The maximum absolute atomic E-state index is 13.9. The van der Waals surface area contributed by atoms with Crippen molar-refractivity contribution in [1.29, 1.82) is 0 Å². The van der Waals surface area contributed by atoms with Crippen molar-refractivity contribution in [1.82, 2.24) is 4.90 Å². The lowest BCUT2D eigenvalue weighted by Gasteiger charge is -2.32. The largest absolute Gasteiger partial charge is 0.486 e. The average Bonchev–Trinajstić information content (AvgIpc) is 2.72. The third-order valence-electron chi connectivity index (χ3n) is 4.81. The zero-order valence-corrected chi connectivity index (χ0v) is 14.9. The van der Waals surface area contributed by atoms with Crippen molar-refractivity contribution >= 4 is 0 Å². The minimum atomic E-state index is -0.646. The molecule has 0 amide bonds. The molecule has 6 heteroatoms. The number of nitrogens with two attached hydrogens (primary N) is 2. The van der Waals surface area contributed by atoms with Crippen LogP contribution < -0.4 is 11.5 Å². The highest BCUT2D eigenvalue weighted by Crippen LogP contribution is 2.35. The Morgan fingerprint density at radius 1 is 1.27 bits per heavy atom. The van der Waals surface area contributed by atoms with E-state index < -0.39 is 17.8 Å². The molecule has 2 aliphatic heterocycles.